The molecule has 59 heavy (non-hydrogen) atoms. The normalized spacial score (nSPS) is 15.9. The quantitative estimate of drug-likeness (QED) is 0.0712. The molecule has 0 bridgehead atoms. The van der Waals surface area contributed by atoms with Gasteiger partial charge in [-0.3, -0.25) is 19.4 Å². The highest BCUT2D eigenvalue weighted by Crippen LogP contribution is 2.37. The van der Waals surface area contributed by atoms with Gasteiger partial charge in [0.15, 0.2) is 0 Å². The van der Waals surface area contributed by atoms with Gasteiger partial charge in [0.2, 0.25) is 0 Å². The van der Waals surface area contributed by atoms with E-state index in [9.17, 15) is 14.4 Å². The number of nitrogens with two attached hydrogens (primary N) is 1. The number of carbonyl (C=O) groups excluding carboxylic acids is 3. The van der Waals surface area contributed by atoms with E-state index in [2.05, 4.69) is 39.4 Å². The zero-order valence-corrected chi connectivity index (χ0v) is 35.5. The van der Waals surface area contributed by atoms with Gasteiger partial charge in [-0.25, -0.2) is 4.79 Å². The first-order valence-corrected chi connectivity index (χ1v) is 21.2. The lowest BCUT2D eigenvalue weighted by Crippen LogP contribution is -2.57. The molecular weight excluding hydrogens is 741 g/mol. The van der Waals surface area contributed by atoms with Gasteiger partial charge in [-0.2, -0.15) is 0 Å². The van der Waals surface area contributed by atoms with Crippen molar-refractivity contribution in [3.63, 3.8) is 0 Å². The number of carbonyl (C=O) groups is 3. The molecule has 10 heteroatoms. The van der Waals surface area contributed by atoms with Gasteiger partial charge in [0.1, 0.15) is 17.7 Å². The third-order valence-electron chi connectivity index (χ3n) is 10.4. The second-order valence-corrected chi connectivity index (χ2v) is 16.6. The predicted octanol–water partition coefficient (Wildman–Crippen LogP) is 8.28. The van der Waals surface area contributed by atoms with Crippen molar-refractivity contribution in [1.82, 2.24) is 15.1 Å². The van der Waals surface area contributed by atoms with Crippen LogP contribution in [0.5, 0.6) is 0 Å². The highest BCUT2D eigenvalue weighted by Gasteiger charge is 2.45. The van der Waals surface area contributed by atoms with Crippen molar-refractivity contribution in [2.45, 2.75) is 116 Å². The van der Waals surface area contributed by atoms with Crippen LogP contribution in [-0.4, -0.2) is 70.8 Å². The van der Waals surface area contributed by atoms with E-state index >= 15 is 0 Å². The van der Waals surface area contributed by atoms with Crippen LogP contribution in [0.4, 0.5) is 4.79 Å². The third kappa shape index (κ3) is 14.9. The summed E-state index contributed by atoms with van der Waals surface area (Å²) in [6.45, 7) is 12.2. The van der Waals surface area contributed by atoms with Crippen LogP contribution < -0.4 is 11.1 Å². The summed E-state index contributed by atoms with van der Waals surface area (Å²) in [7, 11) is 0. The lowest BCUT2D eigenvalue weighted by Gasteiger charge is -2.36. The number of alkyl carbamates (subject to hydrolysis) is 1. The maximum atomic E-state index is 13.3. The zero-order chi connectivity index (χ0) is 42.2. The van der Waals surface area contributed by atoms with Crippen molar-refractivity contribution < 1.29 is 28.6 Å². The fourth-order valence-electron chi connectivity index (χ4n) is 7.40. The molecule has 0 unspecified atom stereocenters. The van der Waals surface area contributed by atoms with E-state index in [-0.39, 0.29) is 30.5 Å². The van der Waals surface area contributed by atoms with Crippen LogP contribution in [-0.2, 0) is 50.0 Å². The molecule has 2 aliphatic rings. The van der Waals surface area contributed by atoms with Crippen molar-refractivity contribution in [3.05, 3.63) is 144 Å². The lowest BCUT2D eigenvalue weighted by atomic mass is 9.99. The van der Waals surface area contributed by atoms with Crippen LogP contribution in [0.3, 0.4) is 0 Å². The maximum absolute atomic E-state index is 13.3. The van der Waals surface area contributed by atoms with Gasteiger partial charge in [-0.1, -0.05) is 121 Å². The molecule has 10 nitrogen and oxygen atoms in total. The van der Waals surface area contributed by atoms with Crippen molar-refractivity contribution in [3.8, 4) is 0 Å². The van der Waals surface area contributed by atoms with Gasteiger partial charge in [0, 0.05) is 32.2 Å². The smallest absolute Gasteiger partial charge is 0.407 e. The average Bonchev–Trinajstić information content (AvgIpc) is 4.14. The number of nitrogens with one attached hydrogen (secondary N) is 1. The second-order valence-electron chi connectivity index (χ2n) is 16.6. The molecule has 2 saturated carbocycles. The van der Waals surface area contributed by atoms with Crippen LogP contribution in [0, 0.1) is 11.8 Å². The van der Waals surface area contributed by atoms with Crippen molar-refractivity contribution in [2.75, 3.05) is 13.2 Å². The van der Waals surface area contributed by atoms with E-state index in [1.54, 1.807) is 6.92 Å². The van der Waals surface area contributed by atoms with Crippen molar-refractivity contribution >= 4 is 18.0 Å². The van der Waals surface area contributed by atoms with Crippen LogP contribution in [0.15, 0.2) is 121 Å². The van der Waals surface area contributed by atoms with Gasteiger partial charge in [-0.05, 0) is 94.4 Å². The number of nitrogens with zero attached hydrogens (tertiary/aromatic N) is 2. The summed E-state index contributed by atoms with van der Waals surface area (Å²) in [4.78, 5) is 43.2. The minimum absolute atomic E-state index is 0.193. The Morgan fingerprint density at radius 2 is 0.932 bits per heavy atom. The van der Waals surface area contributed by atoms with Crippen LogP contribution in [0.1, 0.15) is 82.6 Å². The first-order chi connectivity index (χ1) is 28.5. The average molecular weight is 805 g/mol. The summed E-state index contributed by atoms with van der Waals surface area (Å²) in [5.74, 6) is 0.0931. The second kappa shape index (κ2) is 22.4. The minimum Gasteiger partial charge on any atom is -0.465 e. The SMILES string of the molecule is CCOC(=O)[C@H]([C@H](N)C1CC1)N(Cc1ccccc1)Cc1ccccc1.CCOC(=O)[C@H]([C@H](NC(=O)OC(C)(C)C)C1CC1)N(Cc1ccccc1)Cc1ccccc1. The molecule has 4 aromatic carbocycles. The summed E-state index contributed by atoms with van der Waals surface area (Å²) >= 11 is 0. The van der Waals surface area contributed by atoms with E-state index in [0.29, 0.717) is 38.7 Å². The largest absolute Gasteiger partial charge is 0.465 e. The third-order valence-corrected chi connectivity index (χ3v) is 10.4. The first kappa shape index (κ1) is 45.1. The molecule has 0 radical (unpaired) electrons. The number of rotatable bonds is 19. The van der Waals surface area contributed by atoms with Gasteiger partial charge in [-0.15, -0.1) is 0 Å². The van der Waals surface area contributed by atoms with Gasteiger partial charge >= 0.3 is 18.0 Å². The van der Waals surface area contributed by atoms with Gasteiger partial charge in [0.25, 0.3) is 0 Å². The van der Waals surface area contributed by atoms with E-state index in [1.807, 2.05) is 125 Å². The first-order valence-electron chi connectivity index (χ1n) is 21.2. The summed E-state index contributed by atoms with van der Waals surface area (Å²) < 4.78 is 16.5. The van der Waals surface area contributed by atoms with E-state index in [4.69, 9.17) is 19.9 Å². The van der Waals surface area contributed by atoms with Crippen LogP contribution in [0.2, 0.25) is 0 Å². The Labute approximate surface area is 351 Å². The summed E-state index contributed by atoms with van der Waals surface area (Å²) in [5.41, 5.74) is 10.4. The van der Waals surface area contributed by atoms with Crippen molar-refractivity contribution in [1.29, 1.82) is 0 Å². The highest BCUT2D eigenvalue weighted by atomic mass is 16.6. The Bertz CT molecular complexity index is 1770. The summed E-state index contributed by atoms with van der Waals surface area (Å²) in [6, 6.07) is 38.9. The molecule has 0 saturated heterocycles. The fraction of sp³-hybridized carbons (Fsp3) is 0.449. The molecule has 4 atom stereocenters. The fourth-order valence-corrected chi connectivity index (χ4v) is 7.40. The Hall–Kier alpha value is -5.03. The molecule has 0 aromatic heterocycles. The number of ether oxygens (including phenoxy) is 3. The van der Waals surface area contributed by atoms with E-state index in [1.165, 1.54) is 11.1 Å². The lowest BCUT2D eigenvalue weighted by molar-refractivity contribution is -0.152. The van der Waals surface area contributed by atoms with Gasteiger partial charge < -0.3 is 25.3 Å². The summed E-state index contributed by atoms with van der Waals surface area (Å²) in [5, 5.41) is 3.02. The molecule has 2 aliphatic carbocycles. The Morgan fingerprint density at radius 1 is 0.593 bits per heavy atom. The molecule has 2 fully saturated rings. The molecule has 0 aliphatic heterocycles. The molecule has 6 rings (SSSR count). The number of hydrogen-bond acceptors (Lipinski definition) is 9. The zero-order valence-electron chi connectivity index (χ0n) is 35.5. The highest BCUT2D eigenvalue weighted by molar-refractivity contribution is 5.79. The standard InChI is InChI=1S/C27H36N2O4.C22H28N2O2/c1-5-32-25(30)24(23(22-16-17-22)28-26(31)33-27(2,3)4)29(18-20-12-8-6-9-13-20)19-21-14-10-7-11-15-21;1-2-26-22(25)21(20(23)19-13-14-19)24(15-17-9-5-3-6-10-17)16-18-11-7-4-8-12-18/h6-15,22-24H,5,16-19H2,1-4H3,(H,28,31);3-12,19-21H,2,13-16,23H2,1H3/t23-,24+;20-,21+/m11/s1. The Kier molecular flexibility index (Phi) is 17.1. The number of esters is 2. The Morgan fingerprint density at radius 3 is 1.25 bits per heavy atom. The molecule has 0 heterocycles. The Balaban J connectivity index is 0.000000230. The molecule has 1 amide bonds. The summed E-state index contributed by atoms with van der Waals surface area (Å²) in [6.07, 6.45) is 3.61. The van der Waals surface area contributed by atoms with Crippen LogP contribution in [0.25, 0.3) is 0 Å². The number of hydrogen-bond donors (Lipinski definition) is 2. The number of amides is 1. The molecule has 4 aromatic rings. The monoisotopic (exact) mass is 804 g/mol. The van der Waals surface area contributed by atoms with Crippen LogP contribution >= 0.6 is 0 Å². The minimum atomic E-state index is -0.634. The predicted molar refractivity (Wildman–Crippen MR) is 232 cm³/mol. The molecule has 3 N–H and O–H groups in total. The van der Waals surface area contributed by atoms with Gasteiger partial charge in [0.05, 0.1) is 19.3 Å². The maximum Gasteiger partial charge on any atom is 0.407 e. The molecule has 0 spiro atoms. The molecular formula is C49H64N4O6. The van der Waals surface area contributed by atoms with Crippen molar-refractivity contribution in [2.24, 2.45) is 17.6 Å². The van der Waals surface area contributed by atoms with E-state index < -0.39 is 29.8 Å². The topological polar surface area (TPSA) is 123 Å². The molecule has 316 valence electrons. The number of benzene rings is 4. The van der Waals surface area contributed by atoms with E-state index in [0.717, 1.165) is 36.8 Å².